The van der Waals surface area contributed by atoms with Gasteiger partial charge in [0.05, 0.1) is 20.6 Å². The maximum absolute atomic E-state index is 12.5. The number of halogens is 1. The van der Waals surface area contributed by atoms with Gasteiger partial charge in [-0.25, -0.2) is 4.59 Å². The largest absolute Gasteiger partial charge is 1.00 e. The second-order valence-corrected chi connectivity index (χ2v) is 10.3. The lowest BCUT2D eigenvalue weighted by Crippen LogP contribution is -3.00. The van der Waals surface area contributed by atoms with Crippen molar-refractivity contribution in [3.63, 3.8) is 0 Å². The molecular formula is C27H54ClN3O2. The minimum absolute atomic E-state index is 0. The molecule has 1 atom stereocenters. The van der Waals surface area contributed by atoms with E-state index in [4.69, 9.17) is 0 Å². The van der Waals surface area contributed by atoms with Gasteiger partial charge >= 0.3 is 0 Å². The van der Waals surface area contributed by atoms with Gasteiger partial charge in [0.1, 0.15) is 0 Å². The van der Waals surface area contributed by atoms with Crippen molar-refractivity contribution < 1.29 is 26.6 Å². The summed E-state index contributed by atoms with van der Waals surface area (Å²) in [7, 11) is 4.07. The van der Waals surface area contributed by atoms with Crippen molar-refractivity contribution >= 4 is 11.8 Å². The maximum Gasteiger partial charge on any atom is 0.267 e. The van der Waals surface area contributed by atoms with E-state index in [-0.39, 0.29) is 30.4 Å². The Balaban J connectivity index is 0.0000102. The summed E-state index contributed by atoms with van der Waals surface area (Å²) in [6.45, 7) is 5.15. The van der Waals surface area contributed by atoms with Gasteiger partial charge in [0.2, 0.25) is 5.91 Å². The zero-order valence-electron chi connectivity index (χ0n) is 22.3. The fourth-order valence-electron chi connectivity index (χ4n) is 4.97. The highest BCUT2D eigenvalue weighted by Gasteiger charge is 2.40. The molecule has 0 radical (unpaired) electrons. The zero-order valence-corrected chi connectivity index (χ0v) is 23.1. The topological polar surface area (TPSA) is 49.4 Å². The molecule has 33 heavy (non-hydrogen) atoms. The number of carbonyl (C=O) groups is 2. The summed E-state index contributed by atoms with van der Waals surface area (Å²) in [6.07, 6.45) is 23.0. The highest BCUT2D eigenvalue weighted by atomic mass is 35.5. The Hall–Kier alpha value is -0.810. The number of rotatable bonds is 20. The smallest absolute Gasteiger partial charge is 0.267 e. The molecule has 0 aromatic heterocycles. The first-order valence-electron chi connectivity index (χ1n) is 13.9. The summed E-state index contributed by atoms with van der Waals surface area (Å²) in [4.78, 5) is 24.6. The molecule has 5 nitrogen and oxygen atoms in total. The van der Waals surface area contributed by atoms with Crippen molar-refractivity contribution in [3.8, 4) is 0 Å². The molecule has 1 heterocycles. The number of amides is 2. The fraction of sp³-hybridized carbons (Fsp3) is 0.926. The molecule has 1 rings (SSSR count). The van der Waals surface area contributed by atoms with Crippen molar-refractivity contribution in [1.29, 1.82) is 0 Å². The lowest BCUT2D eigenvalue weighted by Gasteiger charge is -2.42. The number of hydrogen-bond acceptors (Lipinski definition) is 2. The Morgan fingerprint density at radius 2 is 1.30 bits per heavy atom. The first-order chi connectivity index (χ1) is 15.4. The van der Waals surface area contributed by atoms with Crippen LogP contribution in [0.1, 0.15) is 136 Å². The fourth-order valence-corrected chi connectivity index (χ4v) is 4.97. The molecule has 2 amide bonds. The predicted octanol–water partition coefficient (Wildman–Crippen LogP) is 3.72. The quantitative estimate of drug-likeness (QED) is 0.162. The molecule has 1 fully saturated rings. The van der Waals surface area contributed by atoms with Gasteiger partial charge < -0.3 is 17.7 Å². The summed E-state index contributed by atoms with van der Waals surface area (Å²) >= 11 is 0. The third kappa shape index (κ3) is 13.6. The third-order valence-corrected chi connectivity index (χ3v) is 7.16. The average molecular weight is 488 g/mol. The molecule has 0 aromatic carbocycles. The van der Waals surface area contributed by atoms with Crippen LogP contribution in [-0.4, -0.2) is 48.2 Å². The van der Waals surface area contributed by atoms with Gasteiger partial charge in [0.25, 0.3) is 5.91 Å². The first kappa shape index (κ1) is 32.2. The minimum Gasteiger partial charge on any atom is -1.00 e. The van der Waals surface area contributed by atoms with E-state index in [1.165, 1.54) is 83.5 Å². The van der Waals surface area contributed by atoms with E-state index >= 15 is 0 Å². The Bertz CT molecular complexity index is 514. The average Bonchev–Trinajstić information content (AvgIpc) is 3.21. The van der Waals surface area contributed by atoms with Gasteiger partial charge in [-0.15, -0.1) is 0 Å². The minimum atomic E-state index is -0.0408. The molecule has 0 saturated carbocycles. The number of unbranched alkanes of at least 4 members (excludes halogenated alkanes) is 14. The summed E-state index contributed by atoms with van der Waals surface area (Å²) in [5.74, 6) is 0.328. The highest BCUT2D eigenvalue weighted by molar-refractivity contribution is 5.77. The van der Waals surface area contributed by atoms with Gasteiger partial charge in [-0.2, -0.15) is 5.01 Å². The van der Waals surface area contributed by atoms with E-state index in [0.29, 0.717) is 17.4 Å². The summed E-state index contributed by atoms with van der Waals surface area (Å²) in [6, 6.07) is 0. The van der Waals surface area contributed by atoms with E-state index in [0.717, 1.165) is 32.2 Å². The first-order valence-corrected chi connectivity index (χ1v) is 13.9. The van der Waals surface area contributed by atoms with Crippen LogP contribution < -0.4 is 17.7 Å². The van der Waals surface area contributed by atoms with Crippen molar-refractivity contribution in [2.75, 3.05) is 20.6 Å². The van der Waals surface area contributed by atoms with Crippen molar-refractivity contribution in [3.05, 3.63) is 0 Å². The van der Waals surface area contributed by atoms with Gasteiger partial charge in [0, 0.05) is 19.3 Å². The molecule has 1 saturated heterocycles. The normalized spacial score (nSPS) is 14.9. The number of hydrogen-bond donors (Lipinski definition) is 1. The highest BCUT2D eigenvalue weighted by Crippen LogP contribution is 2.21. The van der Waals surface area contributed by atoms with Crippen LogP contribution in [0.2, 0.25) is 0 Å². The summed E-state index contributed by atoms with van der Waals surface area (Å²) < 4.78 is 0.430. The molecule has 0 aromatic rings. The molecule has 1 aliphatic rings. The Labute approximate surface area is 211 Å². The SMILES string of the molecule is CCCCCCCCCCCCCCCCCC(=O)NC(CC)[N+](C)(C)N1CCCC1=O.[Cl-]. The van der Waals surface area contributed by atoms with E-state index in [2.05, 4.69) is 19.2 Å². The van der Waals surface area contributed by atoms with Crippen molar-refractivity contribution in [2.24, 2.45) is 0 Å². The number of quaternary nitrogens is 1. The second kappa shape index (κ2) is 19.5. The molecule has 1 aliphatic heterocycles. The Morgan fingerprint density at radius 1 is 0.848 bits per heavy atom. The summed E-state index contributed by atoms with van der Waals surface area (Å²) in [5, 5.41) is 5.10. The lowest BCUT2D eigenvalue weighted by atomic mass is 10.0. The monoisotopic (exact) mass is 487 g/mol. The Kier molecular flexibility index (Phi) is 19.0. The number of carbonyl (C=O) groups excluding carboxylic acids is 2. The predicted molar refractivity (Wildman–Crippen MR) is 135 cm³/mol. The van der Waals surface area contributed by atoms with Crippen LogP contribution in [0, 0.1) is 0 Å². The lowest BCUT2D eigenvalue weighted by molar-refractivity contribution is -1.01. The van der Waals surface area contributed by atoms with Gasteiger partial charge in [-0.1, -0.05) is 104 Å². The third-order valence-electron chi connectivity index (χ3n) is 7.16. The van der Waals surface area contributed by atoms with Crippen LogP contribution in [0.25, 0.3) is 0 Å². The van der Waals surface area contributed by atoms with Crippen molar-refractivity contribution in [1.82, 2.24) is 10.3 Å². The van der Waals surface area contributed by atoms with E-state index in [1.54, 1.807) is 0 Å². The molecule has 1 N–H and O–H groups in total. The van der Waals surface area contributed by atoms with Gasteiger partial charge in [-0.05, 0) is 12.8 Å². The van der Waals surface area contributed by atoms with Crippen LogP contribution in [0.3, 0.4) is 0 Å². The molecule has 196 valence electrons. The zero-order chi connectivity index (χ0) is 23.7. The van der Waals surface area contributed by atoms with Crippen LogP contribution in [-0.2, 0) is 9.59 Å². The van der Waals surface area contributed by atoms with Gasteiger partial charge in [-0.3, -0.25) is 9.59 Å². The Morgan fingerprint density at radius 3 is 1.70 bits per heavy atom. The molecule has 0 bridgehead atoms. The molecule has 6 heteroatoms. The van der Waals surface area contributed by atoms with E-state index in [1.807, 2.05) is 19.1 Å². The van der Waals surface area contributed by atoms with E-state index < -0.39 is 0 Å². The molecular weight excluding hydrogens is 434 g/mol. The standard InChI is InChI=1S/C27H53N3O2.ClH/c1-5-7-8-9-10-11-12-13-14-15-16-17-18-19-20-22-26(31)28-25(6-2)30(3,4)29-24-21-23-27(29)32;/h25H,5-24H2,1-4H3;1H. The van der Waals surface area contributed by atoms with E-state index in [9.17, 15) is 9.59 Å². The van der Waals surface area contributed by atoms with Crippen LogP contribution >= 0.6 is 0 Å². The van der Waals surface area contributed by atoms with Crippen molar-refractivity contribution in [2.45, 2.75) is 142 Å². The number of nitrogens with one attached hydrogen (secondary N) is 1. The van der Waals surface area contributed by atoms with Gasteiger partial charge in [0.15, 0.2) is 6.17 Å². The molecule has 1 unspecified atom stereocenters. The second-order valence-electron chi connectivity index (χ2n) is 10.3. The number of nitrogens with zero attached hydrogens (tertiary/aromatic N) is 2. The molecule has 0 aliphatic carbocycles. The molecule has 0 spiro atoms. The van der Waals surface area contributed by atoms with Crippen LogP contribution in [0.5, 0.6) is 0 Å². The van der Waals surface area contributed by atoms with Crippen LogP contribution in [0.4, 0.5) is 0 Å². The maximum atomic E-state index is 12.5. The van der Waals surface area contributed by atoms with Crippen LogP contribution in [0.15, 0.2) is 0 Å². The summed E-state index contributed by atoms with van der Waals surface area (Å²) in [5.41, 5.74) is 0.